The fourth-order valence-corrected chi connectivity index (χ4v) is 7.22. The maximum Gasteiger partial charge on any atom is 0.311 e. The normalized spacial score (nSPS) is 41.5. The van der Waals surface area contributed by atoms with E-state index in [0.717, 1.165) is 28.7 Å². The average molecular weight is 543 g/mol. The minimum absolute atomic E-state index is 0.00503. The number of fused-ring (bicyclic) bond motifs is 4. The maximum atomic E-state index is 13.5. The first-order valence-corrected chi connectivity index (χ1v) is 14.7. The van der Waals surface area contributed by atoms with Gasteiger partial charge in [0.15, 0.2) is 12.1 Å². The second kappa shape index (κ2) is 11.3. The van der Waals surface area contributed by atoms with Gasteiger partial charge in [-0.2, -0.15) is 0 Å². The number of hydrogen-bond acceptors (Lipinski definition) is 6. The van der Waals surface area contributed by atoms with Crippen molar-refractivity contribution in [3.8, 4) is 0 Å². The summed E-state index contributed by atoms with van der Waals surface area (Å²) in [5.41, 5.74) is 5.64. The van der Waals surface area contributed by atoms with Crippen LogP contribution >= 0.6 is 0 Å². The molecule has 0 spiro atoms. The highest BCUT2D eigenvalue weighted by molar-refractivity contribution is 5.73. The van der Waals surface area contributed by atoms with Crippen LogP contribution in [-0.4, -0.2) is 42.3 Å². The van der Waals surface area contributed by atoms with Gasteiger partial charge in [-0.15, -0.1) is 0 Å². The Morgan fingerprint density at radius 1 is 0.821 bits per heavy atom. The molecule has 0 radical (unpaired) electrons. The fraction of sp³-hybridized carbons (Fsp3) is 0.727. The summed E-state index contributed by atoms with van der Waals surface area (Å²) < 4.78 is 32.5. The maximum absolute atomic E-state index is 13.5. The Morgan fingerprint density at radius 2 is 1.41 bits per heavy atom. The van der Waals surface area contributed by atoms with Crippen LogP contribution in [0.15, 0.2) is 24.3 Å². The summed E-state index contributed by atoms with van der Waals surface area (Å²) in [7, 11) is 0. The molecule has 0 amide bonds. The SMILES string of the molecule is C=C1C[C@H](C)[C@@H]2OC(C)(C)O[C@@H]([C@@H]2C)[C@@H](C)C(=O)O[C@H](C)[C@H](C)[C@@H]2O[C@H](c3c(C)cc(C)cc3C)O[C@@H]1[C@@H]2C. The Hall–Kier alpha value is -1.73. The topological polar surface area (TPSA) is 63.2 Å². The van der Waals surface area contributed by atoms with Crippen LogP contribution in [0.3, 0.4) is 0 Å². The molecule has 0 saturated carbocycles. The molecule has 0 unspecified atom stereocenters. The Balaban J connectivity index is 1.75. The molecule has 1 aromatic rings. The van der Waals surface area contributed by atoms with Gasteiger partial charge in [0.2, 0.25) is 0 Å². The fourth-order valence-electron chi connectivity index (χ4n) is 7.22. The van der Waals surface area contributed by atoms with Gasteiger partial charge in [0.25, 0.3) is 0 Å². The van der Waals surface area contributed by atoms with Crippen LogP contribution in [0.4, 0.5) is 0 Å². The summed E-state index contributed by atoms with van der Waals surface area (Å²) in [6, 6.07) is 4.36. The minimum atomic E-state index is -0.804. The average Bonchev–Trinajstić information content (AvgIpc) is 2.83. The largest absolute Gasteiger partial charge is 0.462 e. The number of carbonyl (C=O) groups excluding carboxylic acids is 1. The first-order valence-electron chi connectivity index (χ1n) is 14.7. The van der Waals surface area contributed by atoms with E-state index in [1.165, 1.54) is 5.56 Å². The Kier molecular flexibility index (Phi) is 8.74. The van der Waals surface area contributed by atoms with E-state index in [0.29, 0.717) is 0 Å². The summed E-state index contributed by atoms with van der Waals surface area (Å²) in [6.07, 6.45) is -0.928. The number of carbonyl (C=O) groups is 1. The highest BCUT2D eigenvalue weighted by Gasteiger charge is 2.49. The van der Waals surface area contributed by atoms with E-state index in [1.54, 1.807) is 0 Å². The van der Waals surface area contributed by atoms with Crippen LogP contribution in [0, 0.1) is 50.4 Å². The van der Waals surface area contributed by atoms with Gasteiger partial charge in [0, 0.05) is 23.3 Å². The summed E-state index contributed by atoms with van der Waals surface area (Å²) in [5.74, 6) is -1.34. The lowest BCUT2D eigenvalue weighted by molar-refractivity contribution is -0.334. The van der Waals surface area contributed by atoms with Gasteiger partial charge in [0.05, 0.1) is 30.3 Å². The van der Waals surface area contributed by atoms with Crippen molar-refractivity contribution in [1.29, 1.82) is 0 Å². The Morgan fingerprint density at radius 3 is 2.03 bits per heavy atom. The van der Waals surface area contributed by atoms with Crippen molar-refractivity contribution in [1.82, 2.24) is 0 Å². The van der Waals surface area contributed by atoms with Crippen molar-refractivity contribution >= 4 is 5.97 Å². The number of esters is 1. The van der Waals surface area contributed by atoms with Crippen molar-refractivity contribution < 1.29 is 28.5 Å². The van der Waals surface area contributed by atoms with Gasteiger partial charge in [-0.3, -0.25) is 4.79 Å². The Labute approximate surface area is 235 Å². The zero-order chi connectivity index (χ0) is 29.0. The number of ether oxygens (including phenoxy) is 5. The van der Waals surface area contributed by atoms with Crippen molar-refractivity contribution in [3.05, 3.63) is 46.5 Å². The van der Waals surface area contributed by atoms with Crippen molar-refractivity contribution in [2.24, 2.45) is 29.6 Å². The summed E-state index contributed by atoms with van der Waals surface area (Å²) >= 11 is 0. The molecule has 6 heteroatoms. The van der Waals surface area contributed by atoms with Crippen molar-refractivity contribution in [2.75, 3.05) is 0 Å². The molecule has 39 heavy (non-hydrogen) atoms. The van der Waals surface area contributed by atoms with Gasteiger partial charge in [0.1, 0.15) is 6.10 Å². The van der Waals surface area contributed by atoms with E-state index in [9.17, 15) is 4.79 Å². The van der Waals surface area contributed by atoms with Gasteiger partial charge in [-0.05, 0) is 77.5 Å². The van der Waals surface area contributed by atoms with Crippen LogP contribution in [0.25, 0.3) is 0 Å². The quantitative estimate of drug-likeness (QED) is 0.282. The predicted octanol–water partition coefficient (Wildman–Crippen LogP) is 6.99. The highest BCUT2D eigenvalue weighted by Crippen LogP contribution is 2.45. The molecule has 6 nitrogen and oxygen atoms in total. The zero-order valence-corrected chi connectivity index (χ0v) is 25.9. The molecule has 0 aromatic heterocycles. The molecular weight excluding hydrogens is 492 g/mol. The van der Waals surface area contributed by atoms with Crippen molar-refractivity contribution in [3.63, 3.8) is 0 Å². The molecule has 0 N–H and O–H groups in total. The second-order valence-corrected chi connectivity index (χ2v) is 13.2. The molecule has 3 aliphatic heterocycles. The number of hydrogen-bond donors (Lipinski definition) is 0. The first kappa shape index (κ1) is 30.2. The van der Waals surface area contributed by atoms with E-state index in [4.69, 9.17) is 23.7 Å². The molecule has 3 heterocycles. The van der Waals surface area contributed by atoms with Gasteiger partial charge in [-0.1, -0.05) is 52.0 Å². The zero-order valence-electron chi connectivity index (χ0n) is 25.9. The molecule has 3 saturated heterocycles. The van der Waals surface area contributed by atoms with E-state index < -0.39 is 18.0 Å². The monoisotopic (exact) mass is 542 g/mol. The molecule has 1 aromatic carbocycles. The molecular formula is C33H50O6. The number of rotatable bonds is 1. The molecule has 3 aliphatic rings. The number of benzene rings is 1. The van der Waals surface area contributed by atoms with E-state index in [2.05, 4.69) is 67.2 Å². The lowest BCUT2D eigenvalue weighted by atomic mass is 9.77. The number of aryl methyl sites for hydroxylation is 3. The third-order valence-corrected chi connectivity index (χ3v) is 9.37. The van der Waals surface area contributed by atoms with E-state index >= 15 is 0 Å². The van der Waals surface area contributed by atoms with Crippen LogP contribution < -0.4 is 0 Å². The molecule has 4 rings (SSSR count). The first-order chi connectivity index (χ1) is 18.1. The number of cyclic esters (lactones) is 1. The lowest BCUT2D eigenvalue weighted by Gasteiger charge is -2.50. The summed E-state index contributed by atoms with van der Waals surface area (Å²) in [4.78, 5) is 13.5. The summed E-state index contributed by atoms with van der Waals surface area (Å²) in [5, 5.41) is 0. The molecule has 218 valence electrons. The second-order valence-electron chi connectivity index (χ2n) is 13.2. The smallest absolute Gasteiger partial charge is 0.311 e. The molecule has 3 fully saturated rings. The Bertz CT molecular complexity index is 1050. The highest BCUT2D eigenvalue weighted by atomic mass is 16.7. The van der Waals surface area contributed by atoms with Crippen LogP contribution in [-0.2, 0) is 28.5 Å². The van der Waals surface area contributed by atoms with Gasteiger partial charge in [-0.25, -0.2) is 0 Å². The molecule has 11 atom stereocenters. The lowest BCUT2D eigenvalue weighted by Crippen LogP contribution is -2.56. The third-order valence-electron chi connectivity index (χ3n) is 9.37. The third kappa shape index (κ3) is 6.00. The van der Waals surface area contributed by atoms with Crippen LogP contribution in [0.5, 0.6) is 0 Å². The van der Waals surface area contributed by atoms with Gasteiger partial charge >= 0.3 is 5.97 Å². The summed E-state index contributed by atoms with van der Waals surface area (Å²) in [6.45, 7) is 27.3. The minimum Gasteiger partial charge on any atom is -0.462 e. The van der Waals surface area contributed by atoms with Crippen LogP contribution in [0.2, 0.25) is 0 Å². The van der Waals surface area contributed by atoms with Crippen LogP contribution in [0.1, 0.15) is 90.4 Å². The van der Waals surface area contributed by atoms with Crippen molar-refractivity contribution in [2.45, 2.75) is 125 Å². The van der Waals surface area contributed by atoms with E-state index in [1.807, 2.05) is 27.7 Å². The van der Waals surface area contributed by atoms with Gasteiger partial charge < -0.3 is 23.7 Å². The standard InChI is InChI=1S/C33H50O6/c1-16-13-17(2)26(18(3)14-16)32-36-27-19(4)15-20(5)28-23(8)30(39-33(11,12)38-28)24(9)31(34)35-25(10)21(6)29(37-32)22(27)7/h13-14,20-25,27-30,32H,4,15H2,1-3,5-12H3/t20-,21-,22-,23+,24+,25+,27-,28-,29-,30-,32+/m0/s1. The molecule has 4 bridgehead atoms. The molecule has 0 aliphatic carbocycles. The predicted molar refractivity (Wildman–Crippen MR) is 152 cm³/mol. The van der Waals surface area contributed by atoms with E-state index in [-0.39, 0.29) is 60.2 Å².